The lowest BCUT2D eigenvalue weighted by Gasteiger charge is -2.35. The number of methoxy groups -OCH3 is 1. The quantitative estimate of drug-likeness (QED) is 0.550. The molecule has 1 unspecified atom stereocenters. The second kappa shape index (κ2) is 7.24. The molecule has 0 spiro atoms. The van der Waals surface area contributed by atoms with Crippen LogP contribution in [0.4, 0.5) is 0 Å². The predicted molar refractivity (Wildman–Crippen MR) is 62.5 cm³/mol. The van der Waals surface area contributed by atoms with Gasteiger partial charge >= 0.3 is 0 Å². The molecule has 0 N–H and O–H groups in total. The molecular formula is C12H28NO+. The predicted octanol–water partition coefficient (Wildman–Crippen LogP) is 2.68. The molecule has 2 heteroatoms. The van der Waals surface area contributed by atoms with E-state index in [0.717, 1.165) is 11.0 Å². The average molecular weight is 202 g/mol. The highest BCUT2D eigenvalue weighted by Gasteiger charge is 2.22. The lowest BCUT2D eigenvalue weighted by Crippen LogP contribution is -2.48. The van der Waals surface area contributed by atoms with Crippen LogP contribution in [0.5, 0.6) is 0 Å². The molecule has 0 aliphatic heterocycles. The van der Waals surface area contributed by atoms with Gasteiger partial charge in [-0.3, -0.25) is 0 Å². The van der Waals surface area contributed by atoms with E-state index >= 15 is 0 Å². The first-order chi connectivity index (χ1) is 6.61. The van der Waals surface area contributed by atoms with Crippen LogP contribution in [-0.4, -0.2) is 44.4 Å². The second-order valence-electron chi connectivity index (χ2n) is 4.43. The van der Waals surface area contributed by atoms with Crippen LogP contribution in [0.3, 0.4) is 0 Å². The molecule has 0 aliphatic rings. The SMILES string of the molecule is CCCCC(C[N+](C)(CC)CC)OC. The molecule has 0 aromatic rings. The van der Waals surface area contributed by atoms with Crippen molar-refractivity contribution in [2.24, 2.45) is 0 Å². The molecule has 2 nitrogen and oxygen atoms in total. The van der Waals surface area contributed by atoms with Gasteiger partial charge in [0.1, 0.15) is 12.6 Å². The molecule has 0 bridgehead atoms. The number of likely N-dealkylation sites (N-methyl/N-ethyl adjacent to an activating group) is 1. The van der Waals surface area contributed by atoms with E-state index in [1.54, 1.807) is 0 Å². The number of hydrogen-bond acceptors (Lipinski definition) is 1. The summed E-state index contributed by atoms with van der Waals surface area (Å²) in [5, 5.41) is 0. The van der Waals surface area contributed by atoms with Gasteiger partial charge in [0, 0.05) is 7.11 Å². The van der Waals surface area contributed by atoms with Crippen LogP contribution in [0.2, 0.25) is 0 Å². The van der Waals surface area contributed by atoms with E-state index < -0.39 is 0 Å². The second-order valence-corrected chi connectivity index (χ2v) is 4.43. The van der Waals surface area contributed by atoms with Crippen LogP contribution >= 0.6 is 0 Å². The molecule has 0 amide bonds. The van der Waals surface area contributed by atoms with Crippen molar-refractivity contribution in [2.45, 2.75) is 46.1 Å². The van der Waals surface area contributed by atoms with Gasteiger partial charge in [-0.05, 0) is 20.3 Å². The minimum atomic E-state index is 0.444. The molecule has 0 saturated heterocycles. The maximum absolute atomic E-state index is 5.54. The van der Waals surface area contributed by atoms with Crippen LogP contribution in [0.1, 0.15) is 40.0 Å². The summed E-state index contributed by atoms with van der Waals surface area (Å²) in [5.74, 6) is 0. The average Bonchev–Trinajstić information content (AvgIpc) is 2.23. The highest BCUT2D eigenvalue weighted by molar-refractivity contribution is 4.56. The van der Waals surface area contributed by atoms with Gasteiger partial charge in [-0.25, -0.2) is 0 Å². The zero-order valence-corrected chi connectivity index (χ0v) is 10.7. The number of rotatable bonds is 8. The van der Waals surface area contributed by atoms with Crippen molar-refractivity contribution in [1.82, 2.24) is 0 Å². The first-order valence-electron chi connectivity index (χ1n) is 5.98. The summed E-state index contributed by atoms with van der Waals surface area (Å²) in [6.45, 7) is 10.3. The largest absolute Gasteiger partial charge is 0.376 e. The van der Waals surface area contributed by atoms with E-state index in [0.29, 0.717) is 6.10 Å². The topological polar surface area (TPSA) is 9.23 Å². The minimum absolute atomic E-state index is 0.444. The van der Waals surface area contributed by atoms with E-state index in [1.807, 2.05) is 7.11 Å². The van der Waals surface area contributed by atoms with Crippen LogP contribution in [-0.2, 0) is 4.74 Å². The van der Waals surface area contributed by atoms with Crippen LogP contribution in [0.15, 0.2) is 0 Å². The van der Waals surface area contributed by atoms with Crippen molar-refractivity contribution in [2.75, 3.05) is 33.8 Å². The molecule has 0 saturated carbocycles. The molecule has 0 aliphatic carbocycles. The zero-order valence-electron chi connectivity index (χ0n) is 10.7. The highest BCUT2D eigenvalue weighted by Crippen LogP contribution is 2.10. The fourth-order valence-corrected chi connectivity index (χ4v) is 1.69. The van der Waals surface area contributed by atoms with Crippen LogP contribution in [0.25, 0.3) is 0 Å². The number of quaternary nitrogens is 1. The smallest absolute Gasteiger partial charge is 0.106 e. The normalized spacial score (nSPS) is 14.4. The van der Waals surface area contributed by atoms with Gasteiger partial charge in [-0.2, -0.15) is 0 Å². The Morgan fingerprint density at radius 3 is 2.07 bits per heavy atom. The lowest BCUT2D eigenvalue weighted by atomic mass is 10.1. The van der Waals surface area contributed by atoms with Gasteiger partial charge < -0.3 is 9.22 Å². The summed E-state index contributed by atoms with van der Waals surface area (Å²) < 4.78 is 6.66. The number of hydrogen-bond donors (Lipinski definition) is 0. The van der Waals surface area contributed by atoms with Crippen molar-refractivity contribution >= 4 is 0 Å². The van der Waals surface area contributed by atoms with E-state index in [9.17, 15) is 0 Å². The maximum atomic E-state index is 5.54. The summed E-state index contributed by atoms with van der Waals surface area (Å²) in [7, 11) is 4.16. The van der Waals surface area contributed by atoms with Crippen molar-refractivity contribution in [3.05, 3.63) is 0 Å². The van der Waals surface area contributed by atoms with Gasteiger partial charge in [-0.1, -0.05) is 19.8 Å². The van der Waals surface area contributed by atoms with E-state index in [2.05, 4.69) is 27.8 Å². The van der Waals surface area contributed by atoms with E-state index in [1.165, 1.54) is 32.4 Å². The lowest BCUT2D eigenvalue weighted by molar-refractivity contribution is -0.909. The van der Waals surface area contributed by atoms with Crippen molar-refractivity contribution in [3.63, 3.8) is 0 Å². The summed E-state index contributed by atoms with van der Waals surface area (Å²) in [4.78, 5) is 0. The highest BCUT2D eigenvalue weighted by atomic mass is 16.5. The molecule has 0 rings (SSSR count). The standard InChI is InChI=1S/C12H28NO/c1-6-9-10-12(14-5)11-13(4,7-2)8-3/h12H,6-11H2,1-5H3/q+1. The van der Waals surface area contributed by atoms with Crippen molar-refractivity contribution in [1.29, 1.82) is 0 Å². The van der Waals surface area contributed by atoms with E-state index in [-0.39, 0.29) is 0 Å². The molecule has 1 atom stereocenters. The summed E-state index contributed by atoms with van der Waals surface area (Å²) >= 11 is 0. The third-order valence-electron chi connectivity index (χ3n) is 3.38. The number of nitrogens with zero attached hydrogens (tertiary/aromatic N) is 1. The minimum Gasteiger partial charge on any atom is -0.376 e. The number of ether oxygens (including phenoxy) is 1. The monoisotopic (exact) mass is 202 g/mol. The third-order valence-corrected chi connectivity index (χ3v) is 3.38. The number of unbranched alkanes of at least 4 members (excludes halogenated alkanes) is 1. The van der Waals surface area contributed by atoms with Gasteiger partial charge in [0.25, 0.3) is 0 Å². The van der Waals surface area contributed by atoms with Gasteiger partial charge in [0.05, 0.1) is 20.1 Å². The third kappa shape index (κ3) is 4.97. The molecule has 0 heterocycles. The summed E-state index contributed by atoms with van der Waals surface area (Å²) in [5.41, 5.74) is 0. The summed E-state index contributed by atoms with van der Waals surface area (Å²) in [6.07, 6.45) is 4.20. The Kier molecular flexibility index (Phi) is 7.20. The van der Waals surface area contributed by atoms with Gasteiger partial charge in [0.2, 0.25) is 0 Å². The van der Waals surface area contributed by atoms with Gasteiger partial charge in [0.15, 0.2) is 0 Å². The zero-order chi connectivity index (χ0) is 11.0. The molecule has 0 radical (unpaired) electrons. The molecule has 0 fully saturated rings. The first kappa shape index (κ1) is 13.9. The molecule has 14 heavy (non-hydrogen) atoms. The van der Waals surface area contributed by atoms with Crippen molar-refractivity contribution < 1.29 is 9.22 Å². The molecule has 86 valence electrons. The Bertz CT molecular complexity index is 132. The van der Waals surface area contributed by atoms with E-state index in [4.69, 9.17) is 4.74 Å². The molecule has 0 aromatic heterocycles. The Labute approximate surface area is 89.8 Å². The Hall–Kier alpha value is -0.0800. The Balaban J connectivity index is 4.00. The summed E-state index contributed by atoms with van der Waals surface area (Å²) in [6, 6.07) is 0. The fraction of sp³-hybridized carbons (Fsp3) is 1.00. The maximum Gasteiger partial charge on any atom is 0.106 e. The Morgan fingerprint density at radius 2 is 1.71 bits per heavy atom. The van der Waals surface area contributed by atoms with Crippen LogP contribution in [0, 0.1) is 0 Å². The van der Waals surface area contributed by atoms with Crippen molar-refractivity contribution in [3.8, 4) is 0 Å². The molecule has 0 aromatic carbocycles. The molecular weight excluding hydrogens is 174 g/mol. The Morgan fingerprint density at radius 1 is 1.14 bits per heavy atom. The van der Waals surface area contributed by atoms with Gasteiger partial charge in [-0.15, -0.1) is 0 Å². The van der Waals surface area contributed by atoms with Crippen LogP contribution < -0.4 is 0 Å². The fourth-order valence-electron chi connectivity index (χ4n) is 1.69. The first-order valence-corrected chi connectivity index (χ1v) is 5.98.